The van der Waals surface area contributed by atoms with Gasteiger partial charge in [0.1, 0.15) is 0 Å². The van der Waals surface area contributed by atoms with Crippen molar-refractivity contribution in [2.45, 2.75) is 25.9 Å². The normalized spacial score (nSPS) is 19.9. The Morgan fingerprint density at radius 2 is 2.37 bits per heavy atom. The maximum Gasteiger partial charge on any atom is 0.334 e. The number of ether oxygens (including phenoxy) is 1. The summed E-state index contributed by atoms with van der Waals surface area (Å²) >= 11 is 3.39. The van der Waals surface area contributed by atoms with Crippen molar-refractivity contribution < 1.29 is 14.6 Å². The summed E-state index contributed by atoms with van der Waals surface area (Å²) in [6, 6.07) is 7.54. The average molecular weight is 325 g/mol. The molecule has 0 fully saturated rings. The molecule has 0 saturated heterocycles. The van der Waals surface area contributed by atoms with Crippen molar-refractivity contribution in [2.75, 3.05) is 6.61 Å². The summed E-state index contributed by atoms with van der Waals surface area (Å²) in [6.45, 7) is 2.14. The molecule has 0 bridgehead atoms. The number of aliphatic hydroxyl groups excluding tert-OH is 1. The average Bonchev–Trinajstić information content (AvgIpc) is 2.87. The van der Waals surface area contributed by atoms with Crippen LogP contribution >= 0.6 is 15.9 Å². The van der Waals surface area contributed by atoms with Crippen molar-refractivity contribution in [1.29, 1.82) is 0 Å². The van der Waals surface area contributed by atoms with Gasteiger partial charge in [-0.05, 0) is 37.5 Å². The monoisotopic (exact) mass is 324 g/mol. The molecule has 0 aliphatic heterocycles. The Kier molecular flexibility index (Phi) is 4.77. The molecule has 0 unspecified atom stereocenters. The number of hydrogen-bond donors (Lipinski definition) is 1. The number of esters is 1. The van der Waals surface area contributed by atoms with Crippen LogP contribution in [0.5, 0.6) is 0 Å². The molecule has 0 saturated carbocycles. The van der Waals surface area contributed by atoms with Crippen molar-refractivity contribution in [3.8, 4) is 0 Å². The Bertz CT molecular complexity index is 496. The zero-order valence-corrected chi connectivity index (χ0v) is 12.4. The highest BCUT2D eigenvalue weighted by molar-refractivity contribution is 9.10. The molecule has 0 aromatic heterocycles. The van der Waals surface area contributed by atoms with Crippen molar-refractivity contribution in [1.82, 2.24) is 0 Å². The molecule has 0 radical (unpaired) electrons. The Morgan fingerprint density at radius 3 is 3.05 bits per heavy atom. The van der Waals surface area contributed by atoms with Gasteiger partial charge in [-0.2, -0.15) is 0 Å². The summed E-state index contributed by atoms with van der Waals surface area (Å²) in [6.07, 6.45) is 2.80. The van der Waals surface area contributed by atoms with Crippen LogP contribution in [-0.4, -0.2) is 17.7 Å². The van der Waals surface area contributed by atoms with Crippen LogP contribution in [0.2, 0.25) is 0 Å². The van der Waals surface area contributed by atoms with E-state index in [1.54, 1.807) is 6.92 Å². The zero-order chi connectivity index (χ0) is 13.8. The molecule has 0 spiro atoms. The second-order valence-corrected chi connectivity index (χ2v) is 5.48. The second kappa shape index (κ2) is 6.35. The first-order chi connectivity index (χ1) is 9.13. The van der Waals surface area contributed by atoms with Gasteiger partial charge in [0.15, 0.2) is 0 Å². The summed E-state index contributed by atoms with van der Waals surface area (Å²) in [5.41, 5.74) is 1.42. The van der Waals surface area contributed by atoms with Crippen LogP contribution in [-0.2, 0) is 9.53 Å². The zero-order valence-electron chi connectivity index (χ0n) is 10.8. The maximum absolute atomic E-state index is 11.8. The molecule has 1 aromatic carbocycles. The lowest BCUT2D eigenvalue weighted by molar-refractivity contribution is -0.139. The molecule has 1 aliphatic rings. The Morgan fingerprint density at radius 1 is 1.58 bits per heavy atom. The predicted molar refractivity (Wildman–Crippen MR) is 76.5 cm³/mol. The van der Waals surface area contributed by atoms with Crippen LogP contribution in [0, 0.1) is 5.92 Å². The van der Waals surface area contributed by atoms with Gasteiger partial charge in [0.05, 0.1) is 12.7 Å². The minimum absolute atomic E-state index is 0.173. The van der Waals surface area contributed by atoms with E-state index in [1.807, 2.05) is 30.3 Å². The highest BCUT2D eigenvalue weighted by Gasteiger charge is 2.32. The van der Waals surface area contributed by atoms with Crippen molar-refractivity contribution >= 4 is 21.9 Å². The van der Waals surface area contributed by atoms with Gasteiger partial charge in [0.25, 0.3) is 0 Å². The highest BCUT2D eigenvalue weighted by atomic mass is 79.9. The molecular formula is C15H17BrO3. The lowest BCUT2D eigenvalue weighted by atomic mass is 9.90. The van der Waals surface area contributed by atoms with E-state index in [2.05, 4.69) is 15.9 Å². The Labute approximate surface area is 121 Å². The summed E-state index contributed by atoms with van der Waals surface area (Å²) in [5, 5.41) is 10.5. The third-order valence-electron chi connectivity index (χ3n) is 3.32. The van der Waals surface area contributed by atoms with E-state index < -0.39 is 6.10 Å². The van der Waals surface area contributed by atoms with E-state index in [9.17, 15) is 9.90 Å². The molecule has 4 heteroatoms. The highest BCUT2D eigenvalue weighted by Crippen LogP contribution is 2.37. The fourth-order valence-corrected chi connectivity index (χ4v) is 2.84. The first-order valence-electron chi connectivity index (χ1n) is 6.44. The number of carbonyl (C=O) groups is 1. The standard InChI is InChI=1S/C15H17BrO3/c1-2-19-15(18)13-8-4-7-12(13)14(17)10-5-3-6-11(16)9-10/h3,5-6,8-9,12,14,17H,2,4,7H2,1H3/t12-,14-/m0/s1. The summed E-state index contributed by atoms with van der Waals surface area (Å²) < 4.78 is 5.96. The van der Waals surface area contributed by atoms with Gasteiger partial charge in [-0.1, -0.05) is 34.1 Å². The van der Waals surface area contributed by atoms with Crippen LogP contribution in [0.4, 0.5) is 0 Å². The van der Waals surface area contributed by atoms with Crippen LogP contribution in [0.25, 0.3) is 0 Å². The van der Waals surface area contributed by atoms with Gasteiger partial charge >= 0.3 is 5.97 Å². The van der Waals surface area contributed by atoms with Gasteiger partial charge in [-0.3, -0.25) is 0 Å². The maximum atomic E-state index is 11.8. The number of rotatable bonds is 4. The molecule has 3 nitrogen and oxygen atoms in total. The molecule has 19 heavy (non-hydrogen) atoms. The molecular weight excluding hydrogens is 308 g/mol. The Balaban J connectivity index is 2.17. The van der Waals surface area contributed by atoms with E-state index in [0.717, 1.165) is 22.9 Å². The molecule has 2 atom stereocenters. The number of allylic oxidation sites excluding steroid dienone is 1. The van der Waals surface area contributed by atoms with E-state index in [4.69, 9.17) is 4.74 Å². The molecule has 1 aromatic rings. The van der Waals surface area contributed by atoms with E-state index in [1.165, 1.54) is 0 Å². The third kappa shape index (κ3) is 3.25. The number of hydrogen-bond acceptors (Lipinski definition) is 3. The largest absolute Gasteiger partial charge is 0.463 e. The van der Waals surface area contributed by atoms with Gasteiger partial charge in [-0.25, -0.2) is 4.79 Å². The number of aliphatic hydroxyl groups is 1. The number of halogens is 1. The van der Waals surface area contributed by atoms with Crippen molar-refractivity contribution in [3.63, 3.8) is 0 Å². The van der Waals surface area contributed by atoms with Crippen LogP contribution in [0.3, 0.4) is 0 Å². The number of carbonyl (C=O) groups excluding carboxylic acids is 1. The van der Waals surface area contributed by atoms with Gasteiger partial charge < -0.3 is 9.84 Å². The summed E-state index contributed by atoms with van der Waals surface area (Å²) in [5.74, 6) is -0.479. The molecule has 102 valence electrons. The fraction of sp³-hybridized carbons (Fsp3) is 0.400. The minimum atomic E-state index is -0.671. The lowest BCUT2D eigenvalue weighted by Gasteiger charge is -2.21. The predicted octanol–water partition coefficient (Wildman–Crippen LogP) is 3.38. The minimum Gasteiger partial charge on any atom is -0.463 e. The van der Waals surface area contributed by atoms with E-state index in [0.29, 0.717) is 12.2 Å². The first-order valence-corrected chi connectivity index (χ1v) is 7.23. The number of benzene rings is 1. The fourth-order valence-electron chi connectivity index (χ4n) is 2.43. The van der Waals surface area contributed by atoms with Gasteiger partial charge in [0.2, 0.25) is 0 Å². The quantitative estimate of drug-likeness (QED) is 0.863. The van der Waals surface area contributed by atoms with Crippen molar-refractivity contribution in [3.05, 3.63) is 46.0 Å². The van der Waals surface area contributed by atoms with Crippen LogP contribution in [0.15, 0.2) is 40.4 Å². The van der Waals surface area contributed by atoms with Crippen LogP contribution < -0.4 is 0 Å². The summed E-state index contributed by atoms with van der Waals surface area (Å²) in [7, 11) is 0. The first kappa shape index (κ1) is 14.3. The Hall–Kier alpha value is -1.13. The van der Waals surface area contributed by atoms with Gasteiger partial charge in [0, 0.05) is 16.0 Å². The summed E-state index contributed by atoms with van der Waals surface area (Å²) in [4.78, 5) is 11.8. The molecule has 2 rings (SSSR count). The molecule has 1 aliphatic carbocycles. The van der Waals surface area contributed by atoms with Crippen LogP contribution in [0.1, 0.15) is 31.4 Å². The molecule has 0 heterocycles. The SMILES string of the molecule is CCOC(=O)C1=CCC[C@@H]1[C@@H](O)c1cccc(Br)c1. The van der Waals surface area contributed by atoms with E-state index >= 15 is 0 Å². The molecule has 0 amide bonds. The smallest absolute Gasteiger partial charge is 0.334 e. The lowest BCUT2D eigenvalue weighted by Crippen LogP contribution is -2.19. The van der Waals surface area contributed by atoms with Crippen molar-refractivity contribution in [2.24, 2.45) is 5.92 Å². The van der Waals surface area contributed by atoms with Gasteiger partial charge in [-0.15, -0.1) is 0 Å². The third-order valence-corrected chi connectivity index (χ3v) is 3.82. The molecule has 1 N–H and O–H groups in total. The topological polar surface area (TPSA) is 46.5 Å². The van der Waals surface area contributed by atoms with E-state index in [-0.39, 0.29) is 11.9 Å². The second-order valence-electron chi connectivity index (χ2n) is 4.56.